The Bertz CT molecular complexity index is 275. The fourth-order valence-corrected chi connectivity index (χ4v) is 2.85. The van der Waals surface area contributed by atoms with Gasteiger partial charge in [-0.05, 0) is 25.2 Å². The molecule has 6 heteroatoms. The first-order valence-corrected chi connectivity index (χ1v) is 6.90. The molecular formula is C9H20N2O3S. The zero-order valence-corrected chi connectivity index (χ0v) is 9.92. The highest BCUT2D eigenvalue weighted by Gasteiger charge is 2.27. The summed E-state index contributed by atoms with van der Waals surface area (Å²) in [6.07, 6.45) is 2.70. The average Bonchev–Trinajstić information content (AvgIpc) is 2.87. The maximum Gasteiger partial charge on any atom is 0.211 e. The summed E-state index contributed by atoms with van der Waals surface area (Å²) in [5, 5.41) is 0. The molecule has 0 saturated heterocycles. The van der Waals surface area contributed by atoms with E-state index in [1.807, 2.05) is 0 Å². The third kappa shape index (κ3) is 6.09. The van der Waals surface area contributed by atoms with Crippen molar-refractivity contribution in [2.45, 2.75) is 25.3 Å². The highest BCUT2D eigenvalue weighted by molar-refractivity contribution is 7.89. The van der Waals surface area contributed by atoms with Gasteiger partial charge in [-0.1, -0.05) is 0 Å². The molecule has 0 aliphatic heterocycles. The van der Waals surface area contributed by atoms with Crippen molar-refractivity contribution in [2.24, 2.45) is 11.7 Å². The van der Waals surface area contributed by atoms with E-state index >= 15 is 0 Å². The topological polar surface area (TPSA) is 81.4 Å². The van der Waals surface area contributed by atoms with Crippen LogP contribution < -0.4 is 10.5 Å². The second-order valence-electron chi connectivity index (χ2n) is 4.12. The quantitative estimate of drug-likeness (QED) is 0.605. The highest BCUT2D eigenvalue weighted by Crippen LogP contribution is 2.29. The number of nitrogens with two attached hydrogens (primary N) is 1. The van der Waals surface area contributed by atoms with Gasteiger partial charge in [0.15, 0.2) is 0 Å². The van der Waals surface area contributed by atoms with Crippen molar-refractivity contribution in [3.8, 4) is 0 Å². The molecule has 1 rings (SSSR count). The summed E-state index contributed by atoms with van der Waals surface area (Å²) in [4.78, 5) is 0. The minimum absolute atomic E-state index is 0.0985. The molecule has 1 atom stereocenters. The number of nitrogens with one attached hydrogen (secondary N) is 1. The van der Waals surface area contributed by atoms with Crippen LogP contribution in [0.15, 0.2) is 0 Å². The lowest BCUT2D eigenvalue weighted by Crippen LogP contribution is -2.34. The molecule has 15 heavy (non-hydrogen) atoms. The SMILES string of the molecule is COCC(N)CCNS(=O)(=O)CC1CC1. The lowest BCUT2D eigenvalue weighted by molar-refractivity contribution is 0.177. The van der Waals surface area contributed by atoms with Crippen molar-refractivity contribution >= 4 is 10.0 Å². The summed E-state index contributed by atoms with van der Waals surface area (Å²) in [6, 6.07) is -0.0985. The fraction of sp³-hybridized carbons (Fsp3) is 1.00. The largest absolute Gasteiger partial charge is 0.383 e. The van der Waals surface area contributed by atoms with Crippen molar-refractivity contribution < 1.29 is 13.2 Å². The Morgan fingerprint density at radius 3 is 2.73 bits per heavy atom. The average molecular weight is 236 g/mol. The van der Waals surface area contributed by atoms with E-state index in [0.29, 0.717) is 25.5 Å². The van der Waals surface area contributed by atoms with E-state index in [1.54, 1.807) is 7.11 Å². The van der Waals surface area contributed by atoms with Crippen molar-refractivity contribution in [1.29, 1.82) is 0 Å². The van der Waals surface area contributed by atoms with Crippen molar-refractivity contribution in [3.63, 3.8) is 0 Å². The van der Waals surface area contributed by atoms with Crippen LogP contribution in [0.4, 0.5) is 0 Å². The maximum atomic E-state index is 11.4. The molecule has 5 nitrogen and oxygen atoms in total. The first-order valence-electron chi connectivity index (χ1n) is 5.25. The van der Waals surface area contributed by atoms with E-state index in [2.05, 4.69) is 4.72 Å². The number of hydrogen-bond donors (Lipinski definition) is 2. The van der Waals surface area contributed by atoms with Crippen LogP contribution in [-0.2, 0) is 14.8 Å². The van der Waals surface area contributed by atoms with Gasteiger partial charge in [-0.3, -0.25) is 0 Å². The third-order valence-corrected chi connectivity index (χ3v) is 3.92. The molecule has 0 bridgehead atoms. The predicted molar refractivity (Wildman–Crippen MR) is 59.0 cm³/mol. The zero-order chi connectivity index (χ0) is 11.3. The highest BCUT2D eigenvalue weighted by atomic mass is 32.2. The van der Waals surface area contributed by atoms with Crippen LogP contribution >= 0.6 is 0 Å². The Morgan fingerprint density at radius 2 is 2.20 bits per heavy atom. The number of hydrogen-bond acceptors (Lipinski definition) is 4. The van der Waals surface area contributed by atoms with E-state index in [0.717, 1.165) is 12.8 Å². The molecule has 1 fully saturated rings. The second-order valence-corrected chi connectivity index (χ2v) is 5.97. The predicted octanol–water partition coefficient (Wildman–Crippen LogP) is -0.320. The number of rotatable bonds is 8. The molecule has 0 aromatic rings. The Hall–Kier alpha value is -0.170. The van der Waals surface area contributed by atoms with Crippen LogP contribution in [0.25, 0.3) is 0 Å². The minimum atomic E-state index is -3.08. The minimum Gasteiger partial charge on any atom is -0.383 e. The standard InChI is InChI=1S/C9H20N2O3S/c1-14-6-9(10)4-5-11-15(12,13)7-8-2-3-8/h8-9,11H,2-7,10H2,1H3. The van der Waals surface area contributed by atoms with Crippen LogP contribution in [0.1, 0.15) is 19.3 Å². The number of ether oxygens (including phenoxy) is 1. The van der Waals surface area contributed by atoms with Crippen molar-refractivity contribution in [1.82, 2.24) is 4.72 Å². The van der Waals surface area contributed by atoms with Gasteiger partial charge in [0.25, 0.3) is 0 Å². The number of methoxy groups -OCH3 is 1. The van der Waals surface area contributed by atoms with Crippen LogP contribution in [0.3, 0.4) is 0 Å². The monoisotopic (exact) mass is 236 g/mol. The molecule has 0 aromatic carbocycles. The second kappa shape index (κ2) is 5.79. The van der Waals surface area contributed by atoms with Gasteiger partial charge >= 0.3 is 0 Å². The molecule has 0 aromatic heterocycles. The van der Waals surface area contributed by atoms with Gasteiger partial charge < -0.3 is 10.5 Å². The normalized spacial score (nSPS) is 19.1. The molecule has 3 N–H and O–H groups in total. The first kappa shape index (κ1) is 12.9. The molecule has 0 amide bonds. The first-order chi connectivity index (χ1) is 7.03. The maximum absolute atomic E-state index is 11.4. The summed E-state index contributed by atoms with van der Waals surface area (Å²) in [7, 11) is -1.49. The number of sulfonamides is 1. The van der Waals surface area contributed by atoms with Crippen molar-refractivity contribution in [3.05, 3.63) is 0 Å². The van der Waals surface area contributed by atoms with E-state index in [9.17, 15) is 8.42 Å². The van der Waals surface area contributed by atoms with E-state index in [1.165, 1.54) is 0 Å². The smallest absolute Gasteiger partial charge is 0.211 e. The van der Waals surface area contributed by atoms with Crippen LogP contribution in [0, 0.1) is 5.92 Å². The zero-order valence-electron chi connectivity index (χ0n) is 9.11. The molecule has 1 saturated carbocycles. The summed E-state index contributed by atoms with van der Waals surface area (Å²) in [5.74, 6) is 0.655. The summed E-state index contributed by atoms with van der Waals surface area (Å²) < 4.78 is 30.3. The molecule has 0 spiro atoms. The lowest BCUT2D eigenvalue weighted by Gasteiger charge is -2.11. The molecular weight excluding hydrogens is 216 g/mol. The Labute approximate surface area is 91.4 Å². The molecule has 1 aliphatic carbocycles. The van der Waals surface area contributed by atoms with Crippen molar-refractivity contribution in [2.75, 3.05) is 26.0 Å². The Balaban J connectivity index is 2.12. The van der Waals surface area contributed by atoms with Gasteiger partial charge in [0.2, 0.25) is 10.0 Å². The molecule has 0 heterocycles. The summed E-state index contributed by atoms with van der Waals surface area (Å²) in [5.41, 5.74) is 5.67. The van der Waals surface area contributed by atoms with Crippen LogP contribution in [0.2, 0.25) is 0 Å². The van der Waals surface area contributed by atoms with Gasteiger partial charge in [-0.2, -0.15) is 0 Å². The molecule has 0 radical (unpaired) electrons. The Kier molecular flexibility index (Phi) is 4.98. The lowest BCUT2D eigenvalue weighted by atomic mass is 10.2. The van der Waals surface area contributed by atoms with Crippen LogP contribution in [-0.4, -0.2) is 40.5 Å². The van der Waals surface area contributed by atoms with Gasteiger partial charge in [-0.15, -0.1) is 0 Å². The fourth-order valence-electron chi connectivity index (χ4n) is 1.35. The van der Waals surface area contributed by atoms with E-state index in [-0.39, 0.29) is 11.8 Å². The van der Waals surface area contributed by atoms with E-state index < -0.39 is 10.0 Å². The molecule has 1 aliphatic rings. The Morgan fingerprint density at radius 1 is 1.53 bits per heavy atom. The summed E-state index contributed by atoms with van der Waals surface area (Å²) in [6.45, 7) is 0.865. The summed E-state index contributed by atoms with van der Waals surface area (Å²) >= 11 is 0. The van der Waals surface area contributed by atoms with Gasteiger partial charge in [0, 0.05) is 19.7 Å². The van der Waals surface area contributed by atoms with Gasteiger partial charge in [0.1, 0.15) is 0 Å². The van der Waals surface area contributed by atoms with E-state index in [4.69, 9.17) is 10.5 Å². The van der Waals surface area contributed by atoms with Crippen LogP contribution in [0.5, 0.6) is 0 Å². The molecule has 1 unspecified atom stereocenters. The third-order valence-electron chi connectivity index (χ3n) is 2.37. The molecule has 90 valence electrons. The van der Waals surface area contributed by atoms with Gasteiger partial charge in [0.05, 0.1) is 12.4 Å². The van der Waals surface area contributed by atoms with Gasteiger partial charge in [-0.25, -0.2) is 13.1 Å².